The fourth-order valence-corrected chi connectivity index (χ4v) is 1.73. The molecule has 0 saturated heterocycles. The zero-order chi connectivity index (χ0) is 11.1. The van der Waals surface area contributed by atoms with Crippen molar-refractivity contribution in [3.05, 3.63) is 11.8 Å². The molecule has 0 spiro atoms. The van der Waals surface area contributed by atoms with Crippen LogP contribution < -0.4 is 0 Å². The van der Waals surface area contributed by atoms with E-state index in [1.54, 1.807) is 0 Å². The molecule has 4 heteroatoms. The monoisotopic (exact) mass is 230 g/mol. The van der Waals surface area contributed by atoms with E-state index in [4.69, 9.17) is 16.0 Å². The first kappa shape index (κ1) is 12.5. The molecule has 1 aromatic heterocycles. The van der Waals surface area contributed by atoms with E-state index in [0.29, 0.717) is 24.1 Å². The van der Waals surface area contributed by atoms with Gasteiger partial charge in [0.1, 0.15) is 0 Å². The Bertz CT molecular complexity index is 275. The summed E-state index contributed by atoms with van der Waals surface area (Å²) in [4.78, 5) is 0. The first-order chi connectivity index (χ1) is 7.31. The Labute approximate surface area is 96.2 Å². The van der Waals surface area contributed by atoms with Gasteiger partial charge in [-0.25, -0.2) is 0 Å². The maximum Gasteiger partial charge on any atom is 0.219 e. The third-order valence-electron chi connectivity index (χ3n) is 2.54. The van der Waals surface area contributed by atoms with Gasteiger partial charge in [-0.2, -0.15) is 0 Å². The van der Waals surface area contributed by atoms with E-state index in [0.717, 1.165) is 18.7 Å². The van der Waals surface area contributed by atoms with Crippen molar-refractivity contribution in [3.63, 3.8) is 0 Å². The van der Waals surface area contributed by atoms with Crippen LogP contribution in [0.1, 0.15) is 57.2 Å². The van der Waals surface area contributed by atoms with Gasteiger partial charge in [-0.1, -0.05) is 26.7 Å². The molecule has 3 nitrogen and oxygen atoms in total. The van der Waals surface area contributed by atoms with Gasteiger partial charge in [0.2, 0.25) is 11.8 Å². The molecule has 1 atom stereocenters. The van der Waals surface area contributed by atoms with E-state index in [9.17, 15) is 0 Å². The number of halogens is 1. The third-order valence-corrected chi connectivity index (χ3v) is 2.73. The van der Waals surface area contributed by atoms with Gasteiger partial charge in [0.15, 0.2) is 0 Å². The van der Waals surface area contributed by atoms with Gasteiger partial charge in [-0.05, 0) is 12.8 Å². The Balaban J connectivity index is 2.57. The van der Waals surface area contributed by atoms with Crippen LogP contribution in [-0.2, 0) is 6.42 Å². The molecule has 1 aromatic rings. The Kier molecular flexibility index (Phi) is 5.69. The highest BCUT2D eigenvalue weighted by Gasteiger charge is 2.15. The van der Waals surface area contributed by atoms with E-state index < -0.39 is 0 Å². The summed E-state index contributed by atoms with van der Waals surface area (Å²) in [6, 6.07) is 0. The number of hydrogen-bond donors (Lipinski definition) is 0. The van der Waals surface area contributed by atoms with Crippen LogP contribution >= 0.6 is 11.6 Å². The second kappa shape index (κ2) is 6.83. The lowest BCUT2D eigenvalue weighted by molar-refractivity contribution is 0.395. The molecule has 0 amide bonds. The highest BCUT2D eigenvalue weighted by molar-refractivity contribution is 6.17. The van der Waals surface area contributed by atoms with Crippen LogP contribution in [0.25, 0.3) is 0 Å². The van der Waals surface area contributed by atoms with Gasteiger partial charge < -0.3 is 4.42 Å². The van der Waals surface area contributed by atoms with Crippen molar-refractivity contribution < 1.29 is 4.42 Å². The number of hydrogen-bond acceptors (Lipinski definition) is 3. The van der Waals surface area contributed by atoms with Crippen molar-refractivity contribution in [1.82, 2.24) is 10.2 Å². The number of nitrogens with zero attached hydrogens (tertiary/aromatic N) is 2. The van der Waals surface area contributed by atoms with Gasteiger partial charge in [0.25, 0.3) is 0 Å². The molecule has 0 bridgehead atoms. The summed E-state index contributed by atoms with van der Waals surface area (Å²) >= 11 is 5.61. The summed E-state index contributed by atoms with van der Waals surface area (Å²) in [6.45, 7) is 4.35. The summed E-state index contributed by atoms with van der Waals surface area (Å²) in [7, 11) is 0. The van der Waals surface area contributed by atoms with Crippen LogP contribution in [0.4, 0.5) is 0 Å². The number of unbranched alkanes of at least 4 members (excludes halogenated alkanes) is 1. The molecular weight excluding hydrogens is 212 g/mol. The average Bonchev–Trinajstić information content (AvgIpc) is 2.68. The van der Waals surface area contributed by atoms with Crippen LogP contribution in [0.5, 0.6) is 0 Å². The standard InChI is InChI=1S/C11H19ClN2O/c1-3-5-6-9(4-2)11-14-13-10(15-11)7-8-12/h9H,3-8H2,1-2H3. The van der Waals surface area contributed by atoms with Crippen LogP contribution in [0.3, 0.4) is 0 Å². The Morgan fingerprint density at radius 2 is 2.13 bits per heavy atom. The SMILES string of the molecule is CCCCC(CC)c1nnc(CCCl)o1. The molecule has 1 rings (SSSR count). The first-order valence-electron chi connectivity index (χ1n) is 5.70. The summed E-state index contributed by atoms with van der Waals surface area (Å²) in [6.07, 6.45) is 5.28. The first-order valence-corrected chi connectivity index (χ1v) is 6.23. The number of aromatic nitrogens is 2. The lowest BCUT2D eigenvalue weighted by atomic mass is 10.00. The van der Waals surface area contributed by atoms with Crippen LogP contribution in [0, 0.1) is 0 Å². The molecule has 0 N–H and O–H groups in total. The lowest BCUT2D eigenvalue weighted by Gasteiger charge is -2.08. The highest BCUT2D eigenvalue weighted by Crippen LogP contribution is 2.24. The molecule has 0 radical (unpaired) electrons. The third kappa shape index (κ3) is 3.82. The van der Waals surface area contributed by atoms with Crippen molar-refractivity contribution in [2.45, 2.75) is 51.9 Å². The quantitative estimate of drug-likeness (QED) is 0.673. The molecule has 1 heterocycles. The van der Waals surface area contributed by atoms with Crippen LogP contribution in [0.2, 0.25) is 0 Å². The number of alkyl halides is 1. The molecule has 0 aliphatic carbocycles. The zero-order valence-electron chi connectivity index (χ0n) is 9.50. The lowest BCUT2D eigenvalue weighted by Crippen LogP contribution is -1.97. The van der Waals surface area contributed by atoms with E-state index in [1.807, 2.05) is 0 Å². The minimum Gasteiger partial charge on any atom is -0.425 e. The predicted molar refractivity (Wildman–Crippen MR) is 61.3 cm³/mol. The molecule has 0 aromatic carbocycles. The zero-order valence-corrected chi connectivity index (χ0v) is 10.3. The Hall–Kier alpha value is -0.570. The predicted octanol–water partition coefficient (Wildman–Crippen LogP) is 3.53. The summed E-state index contributed by atoms with van der Waals surface area (Å²) < 4.78 is 5.57. The molecule has 0 aliphatic rings. The maximum absolute atomic E-state index is 5.61. The van der Waals surface area contributed by atoms with Gasteiger partial charge in [0, 0.05) is 18.2 Å². The topological polar surface area (TPSA) is 38.9 Å². The Morgan fingerprint density at radius 3 is 2.73 bits per heavy atom. The van der Waals surface area contributed by atoms with Crippen molar-refractivity contribution in [2.24, 2.45) is 0 Å². The normalized spacial score (nSPS) is 13.0. The van der Waals surface area contributed by atoms with Crippen molar-refractivity contribution in [1.29, 1.82) is 0 Å². The molecule has 0 aliphatic heterocycles. The van der Waals surface area contributed by atoms with Crippen LogP contribution in [-0.4, -0.2) is 16.1 Å². The van der Waals surface area contributed by atoms with E-state index in [2.05, 4.69) is 24.0 Å². The molecular formula is C11H19ClN2O. The molecule has 0 saturated carbocycles. The second-order valence-corrected chi connectivity index (χ2v) is 4.10. The highest BCUT2D eigenvalue weighted by atomic mass is 35.5. The van der Waals surface area contributed by atoms with Gasteiger partial charge in [0.05, 0.1) is 0 Å². The van der Waals surface area contributed by atoms with Gasteiger partial charge in [-0.3, -0.25) is 0 Å². The molecule has 86 valence electrons. The largest absolute Gasteiger partial charge is 0.425 e. The van der Waals surface area contributed by atoms with Gasteiger partial charge >= 0.3 is 0 Å². The van der Waals surface area contributed by atoms with Crippen molar-refractivity contribution in [2.75, 3.05) is 5.88 Å². The van der Waals surface area contributed by atoms with Crippen molar-refractivity contribution >= 4 is 11.6 Å². The second-order valence-electron chi connectivity index (χ2n) is 3.72. The minimum absolute atomic E-state index is 0.418. The number of rotatable bonds is 7. The van der Waals surface area contributed by atoms with E-state index >= 15 is 0 Å². The molecule has 0 fully saturated rings. The summed E-state index contributed by atoms with van der Waals surface area (Å²) in [5, 5.41) is 8.07. The average molecular weight is 231 g/mol. The van der Waals surface area contributed by atoms with E-state index in [1.165, 1.54) is 12.8 Å². The minimum atomic E-state index is 0.418. The van der Waals surface area contributed by atoms with Gasteiger partial charge in [-0.15, -0.1) is 21.8 Å². The smallest absolute Gasteiger partial charge is 0.219 e. The Morgan fingerprint density at radius 1 is 1.33 bits per heavy atom. The van der Waals surface area contributed by atoms with Crippen molar-refractivity contribution in [3.8, 4) is 0 Å². The summed E-state index contributed by atoms with van der Waals surface area (Å²) in [5.41, 5.74) is 0. The molecule has 1 unspecified atom stereocenters. The molecule has 15 heavy (non-hydrogen) atoms. The fraction of sp³-hybridized carbons (Fsp3) is 0.818. The van der Waals surface area contributed by atoms with E-state index in [-0.39, 0.29) is 0 Å². The maximum atomic E-state index is 5.61. The fourth-order valence-electron chi connectivity index (χ4n) is 1.57. The number of aryl methyl sites for hydroxylation is 1. The summed E-state index contributed by atoms with van der Waals surface area (Å²) in [5.74, 6) is 2.40. The van der Waals surface area contributed by atoms with Crippen LogP contribution in [0.15, 0.2) is 4.42 Å².